The third-order valence-electron chi connectivity index (χ3n) is 2.57. The van der Waals surface area contributed by atoms with Gasteiger partial charge in [-0.2, -0.15) is 0 Å². The van der Waals surface area contributed by atoms with E-state index in [-0.39, 0.29) is 6.54 Å². The van der Waals surface area contributed by atoms with E-state index in [1.807, 2.05) is 13.8 Å². The summed E-state index contributed by atoms with van der Waals surface area (Å²) in [5.41, 5.74) is 4.69. The molecule has 15 heavy (non-hydrogen) atoms. The predicted octanol–water partition coefficient (Wildman–Crippen LogP) is 2.97. The van der Waals surface area contributed by atoms with Crippen molar-refractivity contribution in [3.8, 4) is 0 Å². The van der Waals surface area contributed by atoms with Gasteiger partial charge in [0.05, 0.1) is 6.54 Å². The van der Waals surface area contributed by atoms with Gasteiger partial charge < -0.3 is 5.32 Å². The number of rotatable bonds is 4. The summed E-state index contributed by atoms with van der Waals surface area (Å²) >= 11 is 0. The van der Waals surface area contributed by atoms with Crippen LogP contribution in [0.25, 0.3) is 0 Å². The molecule has 3 heteroatoms. The standard InChI is InChI=1S/C12H17F2N/c1-8-4-10(3)11(5-9(8)2)6-15-7-12(13)14/h4-5,12,15H,6-7H2,1-3H3. The van der Waals surface area contributed by atoms with Crippen LogP contribution in [0.15, 0.2) is 12.1 Å². The van der Waals surface area contributed by atoms with Crippen molar-refractivity contribution in [2.75, 3.05) is 6.54 Å². The molecule has 0 saturated carbocycles. The molecule has 1 aromatic carbocycles. The predicted molar refractivity (Wildman–Crippen MR) is 58.4 cm³/mol. The fourth-order valence-corrected chi connectivity index (χ4v) is 1.53. The second-order valence-corrected chi connectivity index (χ2v) is 3.88. The van der Waals surface area contributed by atoms with Gasteiger partial charge in [0.25, 0.3) is 6.43 Å². The highest BCUT2D eigenvalue weighted by Gasteiger charge is 2.04. The van der Waals surface area contributed by atoms with Crippen LogP contribution in [0.2, 0.25) is 0 Å². The van der Waals surface area contributed by atoms with Crippen LogP contribution in [-0.2, 0) is 6.54 Å². The quantitative estimate of drug-likeness (QED) is 0.810. The van der Waals surface area contributed by atoms with Gasteiger partial charge in [-0.15, -0.1) is 0 Å². The highest BCUT2D eigenvalue weighted by Crippen LogP contribution is 2.15. The van der Waals surface area contributed by atoms with Crippen LogP contribution in [0.5, 0.6) is 0 Å². The maximum Gasteiger partial charge on any atom is 0.250 e. The fourth-order valence-electron chi connectivity index (χ4n) is 1.53. The summed E-state index contributed by atoms with van der Waals surface area (Å²) < 4.78 is 23.8. The molecule has 1 rings (SSSR count). The number of benzene rings is 1. The minimum atomic E-state index is -2.28. The fraction of sp³-hybridized carbons (Fsp3) is 0.500. The van der Waals surface area contributed by atoms with E-state index >= 15 is 0 Å². The number of alkyl halides is 2. The van der Waals surface area contributed by atoms with Crippen molar-refractivity contribution in [2.24, 2.45) is 0 Å². The topological polar surface area (TPSA) is 12.0 Å². The molecular formula is C12H17F2N. The van der Waals surface area contributed by atoms with Crippen molar-refractivity contribution in [3.05, 3.63) is 34.4 Å². The molecule has 0 amide bonds. The Bertz CT molecular complexity index is 335. The van der Waals surface area contributed by atoms with Crippen LogP contribution in [0.3, 0.4) is 0 Å². The zero-order valence-electron chi connectivity index (χ0n) is 9.40. The third kappa shape index (κ3) is 3.59. The molecule has 0 saturated heterocycles. The van der Waals surface area contributed by atoms with Gasteiger partial charge in [0.1, 0.15) is 0 Å². The summed E-state index contributed by atoms with van der Waals surface area (Å²) in [4.78, 5) is 0. The number of aryl methyl sites for hydroxylation is 3. The van der Waals surface area contributed by atoms with Crippen LogP contribution in [0.1, 0.15) is 22.3 Å². The summed E-state index contributed by atoms with van der Waals surface area (Å²) in [5.74, 6) is 0. The lowest BCUT2D eigenvalue weighted by Gasteiger charge is -2.10. The molecule has 0 spiro atoms. The minimum Gasteiger partial charge on any atom is -0.307 e. The van der Waals surface area contributed by atoms with Crippen molar-refractivity contribution in [1.29, 1.82) is 0 Å². The van der Waals surface area contributed by atoms with E-state index in [0.29, 0.717) is 6.54 Å². The lowest BCUT2D eigenvalue weighted by atomic mass is 10.0. The Morgan fingerprint density at radius 1 is 1.07 bits per heavy atom. The summed E-state index contributed by atoms with van der Waals surface area (Å²) in [6.07, 6.45) is -2.28. The molecule has 0 heterocycles. The zero-order chi connectivity index (χ0) is 11.4. The van der Waals surface area contributed by atoms with E-state index in [2.05, 4.69) is 24.4 Å². The largest absolute Gasteiger partial charge is 0.307 e. The van der Waals surface area contributed by atoms with E-state index in [1.165, 1.54) is 11.1 Å². The molecule has 0 bridgehead atoms. The molecule has 0 aliphatic heterocycles. The van der Waals surface area contributed by atoms with E-state index in [9.17, 15) is 8.78 Å². The van der Waals surface area contributed by atoms with Gasteiger partial charge in [0, 0.05) is 6.54 Å². The Hall–Kier alpha value is -0.960. The molecular weight excluding hydrogens is 196 g/mol. The van der Waals surface area contributed by atoms with Gasteiger partial charge in [-0.05, 0) is 43.0 Å². The zero-order valence-corrected chi connectivity index (χ0v) is 9.40. The van der Waals surface area contributed by atoms with Crippen LogP contribution < -0.4 is 5.32 Å². The molecule has 0 atom stereocenters. The van der Waals surface area contributed by atoms with Gasteiger partial charge in [-0.3, -0.25) is 0 Å². The molecule has 0 fully saturated rings. The average Bonchev–Trinajstić information content (AvgIpc) is 2.13. The number of hydrogen-bond donors (Lipinski definition) is 1. The molecule has 0 aliphatic carbocycles. The van der Waals surface area contributed by atoms with Crippen molar-refractivity contribution in [2.45, 2.75) is 33.7 Å². The Morgan fingerprint density at radius 2 is 1.67 bits per heavy atom. The second-order valence-electron chi connectivity index (χ2n) is 3.88. The maximum atomic E-state index is 11.9. The normalized spacial score (nSPS) is 11.1. The van der Waals surface area contributed by atoms with Crippen molar-refractivity contribution in [3.63, 3.8) is 0 Å². The first kappa shape index (κ1) is 12.1. The lowest BCUT2D eigenvalue weighted by molar-refractivity contribution is 0.145. The molecule has 1 N–H and O–H groups in total. The van der Waals surface area contributed by atoms with Gasteiger partial charge in [0.15, 0.2) is 0 Å². The highest BCUT2D eigenvalue weighted by molar-refractivity contribution is 5.36. The Balaban J connectivity index is 2.65. The van der Waals surface area contributed by atoms with Gasteiger partial charge in [-0.25, -0.2) is 8.78 Å². The summed E-state index contributed by atoms with van der Waals surface area (Å²) in [5, 5.41) is 2.74. The first-order valence-corrected chi connectivity index (χ1v) is 5.06. The summed E-state index contributed by atoms with van der Waals surface area (Å²) in [6.45, 7) is 6.36. The van der Waals surface area contributed by atoms with Gasteiger partial charge in [-0.1, -0.05) is 12.1 Å². The Kier molecular flexibility index (Phi) is 4.21. The van der Waals surface area contributed by atoms with E-state index in [1.54, 1.807) is 0 Å². The monoisotopic (exact) mass is 213 g/mol. The highest BCUT2D eigenvalue weighted by atomic mass is 19.3. The number of halogens is 2. The van der Waals surface area contributed by atoms with E-state index < -0.39 is 6.43 Å². The molecule has 0 aromatic heterocycles. The van der Waals surface area contributed by atoms with Crippen molar-refractivity contribution in [1.82, 2.24) is 5.32 Å². The van der Waals surface area contributed by atoms with Crippen LogP contribution >= 0.6 is 0 Å². The first-order valence-electron chi connectivity index (χ1n) is 5.06. The molecule has 1 nitrogen and oxygen atoms in total. The van der Waals surface area contributed by atoms with Crippen molar-refractivity contribution >= 4 is 0 Å². The molecule has 0 radical (unpaired) electrons. The second kappa shape index (κ2) is 5.21. The van der Waals surface area contributed by atoms with Crippen molar-refractivity contribution < 1.29 is 8.78 Å². The molecule has 1 aromatic rings. The summed E-state index contributed by atoms with van der Waals surface area (Å²) in [7, 11) is 0. The molecule has 84 valence electrons. The first-order chi connectivity index (χ1) is 7.00. The third-order valence-corrected chi connectivity index (χ3v) is 2.57. The van der Waals surface area contributed by atoms with E-state index in [0.717, 1.165) is 11.1 Å². The minimum absolute atomic E-state index is 0.244. The number of hydrogen-bond acceptors (Lipinski definition) is 1. The molecule has 0 aliphatic rings. The summed E-state index contributed by atoms with van der Waals surface area (Å²) in [6, 6.07) is 4.15. The SMILES string of the molecule is Cc1cc(C)c(CNCC(F)F)cc1C. The Morgan fingerprint density at radius 3 is 2.27 bits per heavy atom. The lowest BCUT2D eigenvalue weighted by Crippen LogP contribution is -2.21. The molecule has 0 unspecified atom stereocenters. The van der Waals surface area contributed by atoms with Crippen LogP contribution in [0.4, 0.5) is 8.78 Å². The average molecular weight is 213 g/mol. The van der Waals surface area contributed by atoms with Crippen LogP contribution in [-0.4, -0.2) is 13.0 Å². The van der Waals surface area contributed by atoms with Crippen LogP contribution in [0, 0.1) is 20.8 Å². The van der Waals surface area contributed by atoms with Gasteiger partial charge in [0.2, 0.25) is 0 Å². The van der Waals surface area contributed by atoms with E-state index in [4.69, 9.17) is 0 Å². The maximum absolute atomic E-state index is 11.9. The Labute approximate surface area is 89.5 Å². The van der Waals surface area contributed by atoms with Gasteiger partial charge >= 0.3 is 0 Å². The number of nitrogens with one attached hydrogen (secondary N) is 1. The smallest absolute Gasteiger partial charge is 0.250 e.